The third-order valence-corrected chi connectivity index (χ3v) is 4.86. The lowest BCUT2D eigenvalue weighted by Crippen LogP contribution is -2.33. The van der Waals surface area contributed by atoms with Gasteiger partial charge in [-0.2, -0.15) is 0 Å². The van der Waals surface area contributed by atoms with E-state index in [9.17, 15) is 9.59 Å². The second kappa shape index (κ2) is 8.63. The minimum Gasteiger partial charge on any atom is -0.492 e. The Morgan fingerprint density at radius 3 is 2.67 bits per heavy atom. The fraction of sp³-hybridized carbons (Fsp3) is 0.300. The van der Waals surface area contributed by atoms with Crippen LogP contribution in [-0.2, 0) is 4.79 Å². The number of likely N-dealkylation sites (N-methyl/N-ethyl adjacent to an activating group) is 1. The summed E-state index contributed by atoms with van der Waals surface area (Å²) in [6.07, 6.45) is 1.27. The van der Waals surface area contributed by atoms with Crippen molar-refractivity contribution in [2.24, 2.45) is 0 Å². The lowest BCUT2D eigenvalue weighted by molar-refractivity contribution is -0.117. The maximum atomic E-state index is 12.9. The molecule has 0 atom stereocenters. The first-order valence-electron chi connectivity index (χ1n) is 8.69. The minimum atomic E-state index is -0.184. The first kappa shape index (κ1) is 19.5. The van der Waals surface area contributed by atoms with Gasteiger partial charge in [-0.05, 0) is 42.8 Å². The van der Waals surface area contributed by atoms with E-state index >= 15 is 0 Å². The summed E-state index contributed by atoms with van der Waals surface area (Å²) in [5.74, 6) is 0.479. The first-order valence-corrected chi connectivity index (χ1v) is 9.45. The number of anilines is 1. The normalized spacial score (nSPS) is 13.7. The van der Waals surface area contributed by atoms with Gasteiger partial charge in [0.1, 0.15) is 12.4 Å². The van der Waals surface area contributed by atoms with Crippen LogP contribution in [0, 0.1) is 0 Å². The minimum absolute atomic E-state index is 0.0123. The van der Waals surface area contributed by atoms with Gasteiger partial charge in [0.2, 0.25) is 5.91 Å². The molecule has 1 aliphatic heterocycles. The molecule has 1 fully saturated rings. The predicted octanol–water partition coefficient (Wildman–Crippen LogP) is 4.27. The van der Waals surface area contributed by atoms with Gasteiger partial charge in [0.25, 0.3) is 5.91 Å². The van der Waals surface area contributed by atoms with E-state index in [2.05, 4.69) is 0 Å². The van der Waals surface area contributed by atoms with Crippen molar-refractivity contribution in [1.29, 1.82) is 0 Å². The summed E-state index contributed by atoms with van der Waals surface area (Å²) in [6.45, 7) is 1.32. The third kappa shape index (κ3) is 4.73. The smallest absolute Gasteiger partial charge is 0.255 e. The largest absolute Gasteiger partial charge is 0.492 e. The standard InChI is InChI=1S/C20H20Cl2N2O3/c1-23(10-11-27-16-5-2-4-14(21)12-16)20(26)17-8-7-15(22)13-18(17)24-9-3-6-19(24)25/h2,4-5,7-8,12-13H,3,6,9-11H2,1H3. The molecule has 142 valence electrons. The van der Waals surface area contributed by atoms with Crippen LogP contribution in [0.25, 0.3) is 0 Å². The molecule has 2 aromatic rings. The monoisotopic (exact) mass is 406 g/mol. The van der Waals surface area contributed by atoms with Crippen LogP contribution in [0.1, 0.15) is 23.2 Å². The quantitative estimate of drug-likeness (QED) is 0.719. The number of carbonyl (C=O) groups is 2. The molecule has 2 amide bonds. The van der Waals surface area contributed by atoms with Crippen molar-refractivity contribution >= 4 is 40.7 Å². The van der Waals surface area contributed by atoms with Gasteiger partial charge < -0.3 is 14.5 Å². The lowest BCUT2D eigenvalue weighted by Gasteiger charge is -2.23. The molecule has 0 spiro atoms. The third-order valence-electron chi connectivity index (χ3n) is 4.39. The van der Waals surface area contributed by atoms with Gasteiger partial charge in [0.15, 0.2) is 0 Å². The highest BCUT2D eigenvalue weighted by molar-refractivity contribution is 6.31. The average Bonchev–Trinajstić information content (AvgIpc) is 3.07. The highest BCUT2D eigenvalue weighted by Gasteiger charge is 2.27. The predicted molar refractivity (Wildman–Crippen MR) is 107 cm³/mol. The highest BCUT2D eigenvalue weighted by atomic mass is 35.5. The molecule has 0 radical (unpaired) electrons. The Morgan fingerprint density at radius 2 is 1.96 bits per heavy atom. The number of hydrogen-bond acceptors (Lipinski definition) is 3. The van der Waals surface area contributed by atoms with Gasteiger partial charge in [0.05, 0.1) is 17.8 Å². The topological polar surface area (TPSA) is 49.9 Å². The van der Waals surface area contributed by atoms with Crippen molar-refractivity contribution in [1.82, 2.24) is 4.90 Å². The van der Waals surface area contributed by atoms with Gasteiger partial charge in [-0.1, -0.05) is 29.3 Å². The number of halogens is 2. The Morgan fingerprint density at radius 1 is 1.19 bits per heavy atom. The molecule has 2 aromatic carbocycles. The molecule has 0 bridgehead atoms. The number of hydrogen-bond donors (Lipinski definition) is 0. The van der Waals surface area contributed by atoms with Crippen LogP contribution in [0.2, 0.25) is 10.0 Å². The van der Waals surface area contributed by atoms with Crippen molar-refractivity contribution in [2.45, 2.75) is 12.8 Å². The second-order valence-electron chi connectivity index (χ2n) is 6.34. The van der Waals surface area contributed by atoms with E-state index in [1.165, 1.54) is 0 Å². The SMILES string of the molecule is CN(CCOc1cccc(Cl)c1)C(=O)c1ccc(Cl)cc1N1CCCC1=O. The maximum absolute atomic E-state index is 12.9. The number of benzene rings is 2. The Kier molecular flexibility index (Phi) is 6.24. The molecule has 0 aliphatic carbocycles. The van der Waals surface area contributed by atoms with Gasteiger partial charge in [-0.25, -0.2) is 0 Å². The first-order chi connectivity index (χ1) is 13.0. The number of carbonyl (C=O) groups excluding carboxylic acids is 2. The van der Waals surface area contributed by atoms with E-state index in [0.717, 1.165) is 6.42 Å². The summed E-state index contributed by atoms with van der Waals surface area (Å²) >= 11 is 12.0. The van der Waals surface area contributed by atoms with Crippen molar-refractivity contribution in [3.8, 4) is 5.75 Å². The molecule has 0 aromatic heterocycles. The second-order valence-corrected chi connectivity index (χ2v) is 7.22. The van der Waals surface area contributed by atoms with E-state index in [1.54, 1.807) is 53.2 Å². The van der Waals surface area contributed by atoms with Crippen LogP contribution >= 0.6 is 23.2 Å². The molecular weight excluding hydrogens is 387 g/mol. The molecule has 1 aliphatic rings. The van der Waals surface area contributed by atoms with Crippen LogP contribution < -0.4 is 9.64 Å². The van der Waals surface area contributed by atoms with Crippen molar-refractivity contribution in [2.75, 3.05) is 31.6 Å². The molecule has 27 heavy (non-hydrogen) atoms. The van der Waals surface area contributed by atoms with Crippen molar-refractivity contribution in [3.63, 3.8) is 0 Å². The molecule has 0 N–H and O–H groups in total. The van der Waals surface area contributed by atoms with E-state index in [4.69, 9.17) is 27.9 Å². The number of ether oxygens (including phenoxy) is 1. The zero-order valence-corrected chi connectivity index (χ0v) is 16.5. The Hall–Kier alpha value is -2.24. The summed E-state index contributed by atoms with van der Waals surface area (Å²) in [7, 11) is 1.70. The van der Waals surface area contributed by atoms with Gasteiger partial charge >= 0.3 is 0 Å². The van der Waals surface area contributed by atoms with Gasteiger partial charge in [-0.3, -0.25) is 9.59 Å². The highest BCUT2D eigenvalue weighted by Crippen LogP contribution is 2.29. The van der Waals surface area contributed by atoms with Crippen LogP contribution in [0.4, 0.5) is 5.69 Å². The molecule has 0 saturated carbocycles. The fourth-order valence-electron chi connectivity index (χ4n) is 2.98. The maximum Gasteiger partial charge on any atom is 0.255 e. The van der Waals surface area contributed by atoms with Crippen molar-refractivity contribution < 1.29 is 14.3 Å². The van der Waals surface area contributed by atoms with E-state index < -0.39 is 0 Å². The number of amides is 2. The molecule has 1 heterocycles. The van der Waals surface area contributed by atoms with E-state index in [1.807, 2.05) is 6.07 Å². The summed E-state index contributed by atoms with van der Waals surface area (Å²) < 4.78 is 5.65. The molecule has 3 rings (SSSR count). The molecule has 5 nitrogen and oxygen atoms in total. The van der Waals surface area contributed by atoms with Crippen LogP contribution in [0.15, 0.2) is 42.5 Å². The van der Waals surface area contributed by atoms with E-state index in [-0.39, 0.29) is 11.8 Å². The molecular formula is C20H20Cl2N2O3. The fourth-order valence-corrected chi connectivity index (χ4v) is 3.32. The van der Waals surface area contributed by atoms with Crippen LogP contribution in [0.3, 0.4) is 0 Å². The van der Waals surface area contributed by atoms with Gasteiger partial charge in [-0.15, -0.1) is 0 Å². The Labute approximate surface area is 168 Å². The van der Waals surface area contributed by atoms with Crippen LogP contribution in [0.5, 0.6) is 5.75 Å². The van der Waals surface area contributed by atoms with Gasteiger partial charge in [0, 0.05) is 30.1 Å². The number of nitrogens with zero attached hydrogens (tertiary/aromatic N) is 2. The Balaban J connectivity index is 1.68. The van der Waals surface area contributed by atoms with E-state index in [0.29, 0.717) is 53.2 Å². The molecule has 1 saturated heterocycles. The zero-order valence-electron chi connectivity index (χ0n) is 15.0. The summed E-state index contributed by atoms with van der Waals surface area (Å²) in [5.41, 5.74) is 1.03. The molecule has 7 heteroatoms. The zero-order chi connectivity index (χ0) is 19.4. The summed E-state index contributed by atoms with van der Waals surface area (Å²) in [5, 5.41) is 1.09. The Bertz CT molecular complexity index is 857. The lowest BCUT2D eigenvalue weighted by atomic mass is 10.1. The van der Waals surface area contributed by atoms with Crippen molar-refractivity contribution in [3.05, 3.63) is 58.1 Å². The van der Waals surface area contributed by atoms with Crippen LogP contribution in [-0.4, -0.2) is 43.5 Å². The summed E-state index contributed by atoms with van der Waals surface area (Å²) in [4.78, 5) is 28.2. The average molecular weight is 407 g/mol. The summed E-state index contributed by atoms with van der Waals surface area (Å²) in [6, 6.07) is 12.1. The molecule has 0 unspecified atom stereocenters. The number of rotatable bonds is 6.